The molecule has 1 saturated carbocycles. The van der Waals surface area contributed by atoms with Gasteiger partial charge >= 0.3 is 0 Å². The van der Waals surface area contributed by atoms with Crippen molar-refractivity contribution in [2.75, 3.05) is 22.2 Å². The lowest BCUT2D eigenvalue weighted by atomic mass is 10.0. The fourth-order valence-electron chi connectivity index (χ4n) is 3.05. The monoisotopic (exact) mass is 341 g/mol. The molecular formula is C18H19N3O2S. The van der Waals surface area contributed by atoms with Crippen LogP contribution in [-0.4, -0.2) is 22.7 Å². The summed E-state index contributed by atoms with van der Waals surface area (Å²) in [5.74, 6) is 0.564. The molecule has 24 heavy (non-hydrogen) atoms. The van der Waals surface area contributed by atoms with Gasteiger partial charge in [-0.05, 0) is 65.1 Å². The van der Waals surface area contributed by atoms with Crippen molar-refractivity contribution in [3.8, 4) is 17.2 Å². The molecule has 0 aromatic heterocycles. The van der Waals surface area contributed by atoms with Crippen LogP contribution in [-0.2, 0) is 0 Å². The fourth-order valence-corrected chi connectivity index (χ4v) is 4.58. The van der Waals surface area contributed by atoms with Gasteiger partial charge in [0.1, 0.15) is 0 Å². The highest BCUT2D eigenvalue weighted by Crippen LogP contribution is 2.61. The van der Waals surface area contributed by atoms with Gasteiger partial charge in [-0.3, -0.25) is 17.7 Å². The highest BCUT2D eigenvalue weighted by atomic mass is 32.3. The molecule has 1 fully saturated rings. The Balaban J connectivity index is 1.72. The third-order valence-electron chi connectivity index (χ3n) is 4.71. The molecule has 5 nitrogen and oxygen atoms in total. The Morgan fingerprint density at radius 2 is 1.75 bits per heavy atom. The number of benzene rings is 2. The SMILES string of the molecule is CN1c2cc(-c3ccc(C#N)cc3)ccc2N(CC2CC2)S1(O)O. The van der Waals surface area contributed by atoms with Crippen molar-refractivity contribution in [2.24, 2.45) is 5.92 Å². The van der Waals surface area contributed by atoms with Crippen molar-refractivity contribution in [3.05, 3.63) is 48.0 Å². The summed E-state index contributed by atoms with van der Waals surface area (Å²) in [6.07, 6.45) is 2.32. The Morgan fingerprint density at radius 1 is 1.08 bits per heavy atom. The summed E-state index contributed by atoms with van der Waals surface area (Å²) in [4.78, 5) is 0. The van der Waals surface area contributed by atoms with Gasteiger partial charge in [-0.2, -0.15) is 5.26 Å². The van der Waals surface area contributed by atoms with Gasteiger partial charge in [-0.15, -0.1) is 0 Å². The molecule has 4 rings (SSSR count). The van der Waals surface area contributed by atoms with Crippen molar-refractivity contribution in [2.45, 2.75) is 12.8 Å². The van der Waals surface area contributed by atoms with Gasteiger partial charge < -0.3 is 0 Å². The summed E-state index contributed by atoms with van der Waals surface area (Å²) in [5.41, 5.74) is 4.33. The first kappa shape index (κ1) is 15.3. The number of hydrogen-bond donors (Lipinski definition) is 2. The van der Waals surface area contributed by atoms with Crippen molar-refractivity contribution in [1.82, 2.24) is 0 Å². The topological polar surface area (TPSA) is 70.7 Å². The molecule has 2 aromatic rings. The van der Waals surface area contributed by atoms with Gasteiger partial charge in [0.2, 0.25) is 0 Å². The molecule has 6 heteroatoms. The van der Waals surface area contributed by atoms with E-state index in [-0.39, 0.29) is 0 Å². The lowest BCUT2D eigenvalue weighted by molar-refractivity contribution is 0.481. The van der Waals surface area contributed by atoms with E-state index in [0.717, 1.165) is 35.3 Å². The Labute approximate surface area is 143 Å². The first-order valence-corrected chi connectivity index (χ1v) is 9.41. The molecule has 2 N–H and O–H groups in total. The number of nitriles is 1. The van der Waals surface area contributed by atoms with E-state index in [1.807, 2.05) is 30.3 Å². The maximum atomic E-state index is 10.6. The summed E-state index contributed by atoms with van der Waals surface area (Å²) >= 11 is 0. The van der Waals surface area contributed by atoms with Crippen molar-refractivity contribution < 1.29 is 9.11 Å². The molecular weight excluding hydrogens is 322 g/mol. The van der Waals surface area contributed by atoms with Gasteiger partial charge in [0.25, 0.3) is 0 Å². The van der Waals surface area contributed by atoms with Gasteiger partial charge in [0.05, 0.1) is 23.0 Å². The smallest absolute Gasteiger partial charge is 0.0991 e. The number of rotatable bonds is 3. The molecule has 1 aliphatic carbocycles. The van der Waals surface area contributed by atoms with Gasteiger partial charge in [0.15, 0.2) is 0 Å². The minimum atomic E-state index is -2.97. The summed E-state index contributed by atoms with van der Waals surface area (Å²) in [7, 11) is -1.24. The number of hydrogen-bond acceptors (Lipinski definition) is 5. The minimum Gasteiger partial charge on any atom is -0.264 e. The first-order valence-electron chi connectivity index (χ1n) is 7.95. The second-order valence-corrected chi connectivity index (χ2v) is 8.35. The average Bonchev–Trinajstić information content (AvgIpc) is 3.40. The van der Waals surface area contributed by atoms with E-state index in [2.05, 4.69) is 6.07 Å². The maximum absolute atomic E-state index is 10.6. The third kappa shape index (κ3) is 2.42. The molecule has 0 unspecified atom stereocenters. The summed E-state index contributed by atoms with van der Waals surface area (Å²) in [5, 5.41) is 8.91. The normalized spacial score (nSPS) is 19.8. The van der Waals surface area contributed by atoms with Crippen LogP contribution in [0.3, 0.4) is 0 Å². The van der Waals surface area contributed by atoms with Crippen LogP contribution in [0.2, 0.25) is 0 Å². The van der Waals surface area contributed by atoms with Crippen molar-refractivity contribution in [3.63, 3.8) is 0 Å². The summed E-state index contributed by atoms with van der Waals surface area (Å²) in [6, 6.07) is 15.5. The zero-order valence-electron chi connectivity index (χ0n) is 13.4. The second-order valence-electron chi connectivity index (χ2n) is 6.38. The van der Waals surface area contributed by atoms with E-state index in [1.54, 1.807) is 27.8 Å². The van der Waals surface area contributed by atoms with Crippen molar-refractivity contribution >= 4 is 22.3 Å². The zero-order valence-corrected chi connectivity index (χ0v) is 14.2. The quantitative estimate of drug-likeness (QED) is 0.862. The molecule has 124 valence electrons. The second kappa shape index (κ2) is 5.42. The van der Waals surface area contributed by atoms with Gasteiger partial charge in [-0.1, -0.05) is 18.2 Å². The van der Waals surface area contributed by atoms with Crippen LogP contribution in [0, 0.1) is 17.2 Å². The van der Waals surface area contributed by atoms with E-state index < -0.39 is 11.0 Å². The Kier molecular flexibility index (Phi) is 3.46. The first-order chi connectivity index (χ1) is 11.5. The van der Waals surface area contributed by atoms with Crippen LogP contribution in [0.15, 0.2) is 42.5 Å². The van der Waals surface area contributed by atoms with E-state index in [1.165, 1.54) is 0 Å². The Morgan fingerprint density at radius 3 is 2.38 bits per heavy atom. The molecule has 0 radical (unpaired) electrons. The average molecular weight is 341 g/mol. The predicted molar refractivity (Wildman–Crippen MR) is 97.9 cm³/mol. The molecule has 1 aliphatic heterocycles. The molecule has 0 spiro atoms. The van der Waals surface area contributed by atoms with Crippen LogP contribution in [0.5, 0.6) is 0 Å². The third-order valence-corrected chi connectivity index (χ3v) is 6.58. The molecule has 0 amide bonds. The highest BCUT2D eigenvalue weighted by Gasteiger charge is 2.41. The summed E-state index contributed by atoms with van der Waals surface area (Å²) < 4.78 is 24.5. The van der Waals surface area contributed by atoms with E-state index >= 15 is 0 Å². The molecule has 0 atom stereocenters. The number of anilines is 2. The van der Waals surface area contributed by atoms with Crippen molar-refractivity contribution in [1.29, 1.82) is 5.26 Å². The Bertz CT molecular complexity index is 825. The fraction of sp³-hybridized carbons (Fsp3) is 0.278. The van der Waals surface area contributed by atoms with Gasteiger partial charge in [0, 0.05) is 13.6 Å². The summed E-state index contributed by atoms with van der Waals surface area (Å²) in [6.45, 7) is 0.690. The lowest BCUT2D eigenvalue weighted by Gasteiger charge is -2.42. The largest absolute Gasteiger partial charge is 0.264 e. The highest BCUT2D eigenvalue weighted by molar-refractivity contribution is 8.26. The van der Waals surface area contributed by atoms with E-state index in [0.29, 0.717) is 18.0 Å². The minimum absolute atomic E-state index is 0.564. The van der Waals surface area contributed by atoms with Crippen LogP contribution < -0.4 is 8.61 Å². The van der Waals surface area contributed by atoms with Crippen LogP contribution in [0.25, 0.3) is 11.1 Å². The molecule has 0 saturated heterocycles. The van der Waals surface area contributed by atoms with Gasteiger partial charge in [-0.25, -0.2) is 0 Å². The number of nitrogens with zero attached hydrogens (tertiary/aromatic N) is 3. The van der Waals surface area contributed by atoms with Crippen LogP contribution in [0.1, 0.15) is 18.4 Å². The van der Waals surface area contributed by atoms with E-state index in [9.17, 15) is 9.11 Å². The predicted octanol–water partition coefficient (Wildman–Crippen LogP) is 4.47. The molecule has 2 aliphatic rings. The van der Waals surface area contributed by atoms with Crippen LogP contribution in [0.4, 0.5) is 11.4 Å². The molecule has 2 aromatic carbocycles. The van der Waals surface area contributed by atoms with Crippen LogP contribution >= 0.6 is 11.0 Å². The molecule has 0 bridgehead atoms. The number of fused-ring (bicyclic) bond motifs is 1. The molecule has 1 heterocycles. The van der Waals surface area contributed by atoms with E-state index in [4.69, 9.17) is 5.26 Å². The lowest BCUT2D eigenvalue weighted by Crippen LogP contribution is -2.32. The Hall–Kier alpha value is -2.20. The maximum Gasteiger partial charge on any atom is 0.0991 e. The zero-order chi connectivity index (χ0) is 16.9. The standard InChI is InChI=1S/C18H19N3O2S/c1-20-18-10-16(15-6-4-13(11-19)5-7-15)8-9-17(18)21(24(20,22)23)12-14-2-3-14/h4-10,14,22-23H,2-3,12H2,1H3.